The van der Waals surface area contributed by atoms with Gasteiger partial charge in [-0.3, -0.25) is 14.6 Å². The minimum Gasteiger partial charge on any atom is -0.493 e. The summed E-state index contributed by atoms with van der Waals surface area (Å²) in [6.07, 6.45) is 2.55. The molecular formula is C25H23NO4S. The monoisotopic (exact) mass is 433 g/mol. The fraction of sp³-hybridized carbons (Fsp3) is 0.240. The maximum atomic E-state index is 12.7. The summed E-state index contributed by atoms with van der Waals surface area (Å²) < 4.78 is 11.7. The van der Waals surface area contributed by atoms with Crippen LogP contribution in [0.25, 0.3) is 15.7 Å². The molecule has 0 saturated heterocycles. The summed E-state index contributed by atoms with van der Waals surface area (Å²) in [5, 5.41) is 3.33. The van der Waals surface area contributed by atoms with Crippen LogP contribution in [-0.2, 0) is 4.79 Å². The lowest BCUT2D eigenvalue weighted by Gasteiger charge is -2.09. The standard InChI is InChI=1S/C25H23NO4S/c1-15-5-4-6-18-19(14-31-25(15)18)17-11-20(26-13-17)22(28)9-8-21(27)16-7-10-23(29-2)24(12-16)30-3/h4-7,10,12-14H,8-9,11H2,1-3H3. The summed E-state index contributed by atoms with van der Waals surface area (Å²) in [4.78, 5) is 29.6. The number of methoxy groups -OCH3 is 2. The van der Waals surface area contributed by atoms with Crippen LogP contribution in [0.4, 0.5) is 0 Å². The molecule has 0 atom stereocenters. The molecule has 0 saturated carbocycles. The van der Waals surface area contributed by atoms with Crippen molar-refractivity contribution in [3.8, 4) is 11.5 Å². The van der Waals surface area contributed by atoms with Crippen molar-refractivity contribution in [2.45, 2.75) is 26.2 Å². The van der Waals surface area contributed by atoms with E-state index >= 15 is 0 Å². The van der Waals surface area contributed by atoms with Gasteiger partial charge in [-0.15, -0.1) is 11.3 Å². The van der Waals surface area contributed by atoms with Gasteiger partial charge in [-0.05, 0) is 47.2 Å². The number of ketones is 2. The van der Waals surface area contributed by atoms with Crippen molar-refractivity contribution in [1.29, 1.82) is 0 Å². The van der Waals surface area contributed by atoms with Crippen LogP contribution in [0.5, 0.6) is 11.5 Å². The van der Waals surface area contributed by atoms with Crippen LogP contribution in [0.1, 0.15) is 40.7 Å². The van der Waals surface area contributed by atoms with Crippen LogP contribution in [-0.4, -0.2) is 31.5 Å². The Labute approximate surface area is 185 Å². The average Bonchev–Trinajstić information content (AvgIpc) is 3.44. The molecule has 0 aliphatic carbocycles. The number of ether oxygens (including phenoxy) is 2. The third-order valence-electron chi connectivity index (χ3n) is 5.48. The molecule has 6 heteroatoms. The van der Waals surface area contributed by atoms with Crippen molar-refractivity contribution in [1.82, 2.24) is 0 Å². The number of aryl methyl sites for hydroxylation is 1. The fourth-order valence-corrected chi connectivity index (χ4v) is 4.81. The lowest BCUT2D eigenvalue weighted by molar-refractivity contribution is -0.113. The number of Topliss-reactive ketones (excluding diaryl/α,β-unsaturated/α-hetero) is 2. The summed E-state index contributed by atoms with van der Waals surface area (Å²) in [6, 6.07) is 11.3. The zero-order chi connectivity index (χ0) is 22.0. The van der Waals surface area contributed by atoms with Gasteiger partial charge >= 0.3 is 0 Å². The number of carbonyl (C=O) groups excluding carboxylic acids is 2. The van der Waals surface area contributed by atoms with Crippen molar-refractivity contribution < 1.29 is 19.1 Å². The van der Waals surface area contributed by atoms with E-state index in [9.17, 15) is 9.59 Å². The van der Waals surface area contributed by atoms with Crippen LogP contribution in [0.2, 0.25) is 0 Å². The molecule has 5 nitrogen and oxygen atoms in total. The molecule has 1 aliphatic heterocycles. The number of benzene rings is 2. The number of fused-ring (bicyclic) bond motifs is 1. The molecule has 0 unspecified atom stereocenters. The minimum atomic E-state index is -0.111. The molecule has 0 bridgehead atoms. The Morgan fingerprint density at radius 1 is 1.03 bits per heavy atom. The molecule has 0 radical (unpaired) electrons. The molecule has 0 fully saturated rings. The smallest absolute Gasteiger partial charge is 0.177 e. The number of hydrogen-bond acceptors (Lipinski definition) is 6. The predicted octanol–water partition coefficient (Wildman–Crippen LogP) is 5.64. The highest BCUT2D eigenvalue weighted by Crippen LogP contribution is 2.36. The number of nitrogens with zero attached hydrogens (tertiary/aromatic N) is 1. The Kier molecular flexibility index (Phi) is 6.00. The van der Waals surface area contributed by atoms with Gasteiger partial charge in [-0.1, -0.05) is 18.2 Å². The summed E-state index contributed by atoms with van der Waals surface area (Å²) in [6.45, 7) is 2.10. The van der Waals surface area contributed by atoms with E-state index < -0.39 is 0 Å². The second-order valence-electron chi connectivity index (χ2n) is 7.42. The van der Waals surface area contributed by atoms with Crippen molar-refractivity contribution >= 4 is 44.3 Å². The molecule has 0 N–H and O–H groups in total. The second kappa shape index (κ2) is 8.86. The highest BCUT2D eigenvalue weighted by molar-refractivity contribution is 7.17. The molecule has 2 heterocycles. The third kappa shape index (κ3) is 4.16. The number of rotatable bonds is 8. The number of aliphatic imine (C=N–C) groups is 1. The first-order valence-electron chi connectivity index (χ1n) is 10.0. The van der Waals surface area contributed by atoms with Gasteiger partial charge in [0.05, 0.1) is 19.9 Å². The Bertz CT molecular complexity index is 1240. The van der Waals surface area contributed by atoms with Gasteiger partial charge in [0.15, 0.2) is 23.1 Å². The van der Waals surface area contributed by atoms with Gasteiger partial charge in [0.1, 0.15) is 0 Å². The molecule has 3 aromatic rings. The maximum Gasteiger partial charge on any atom is 0.177 e. The Morgan fingerprint density at radius 2 is 1.81 bits per heavy atom. The molecule has 1 aromatic heterocycles. The zero-order valence-corrected chi connectivity index (χ0v) is 18.5. The van der Waals surface area contributed by atoms with Crippen LogP contribution in [0.3, 0.4) is 0 Å². The molecule has 31 heavy (non-hydrogen) atoms. The van der Waals surface area contributed by atoms with Gasteiger partial charge < -0.3 is 9.47 Å². The number of allylic oxidation sites excluding steroid dienone is 1. The van der Waals surface area contributed by atoms with Gasteiger partial charge in [0.25, 0.3) is 0 Å². The first-order valence-corrected chi connectivity index (χ1v) is 10.9. The maximum absolute atomic E-state index is 12.7. The van der Waals surface area contributed by atoms with E-state index in [1.54, 1.807) is 42.8 Å². The third-order valence-corrected chi connectivity index (χ3v) is 6.61. The molecule has 0 spiro atoms. The van der Waals surface area contributed by atoms with Crippen LogP contribution in [0.15, 0.2) is 53.0 Å². The SMILES string of the molecule is COc1ccc(C(=O)CCC(=O)C2=NC=C(c3csc4c(C)cccc34)C2)cc1OC. The number of hydrogen-bond donors (Lipinski definition) is 0. The zero-order valence-electron chi connectivity index (χ0n) is 17.7. The second-order valence-corrected chi connectivity index (χ2v) is 8.30. The van der Waals surface area contributed by atoms with Gasteiger partial charge in [0, 0.05) is 41.1 Å². The molecule has 1 aliphatic rings. The van der Waals surface area contributed by atoms with E-state index in [2.05, 4.69) is 35.5 Å². The van der Waals surface area contributed by atoms with Gasteiger partial charge in [-0.25, -0.2) is 0 Å². The Balaban J connectivity index is 1.38. The number of thiophene rings is 1. The van der Waals surface area contributed by atoms with E-state index in [4.69, 9.17) is 9.47 Å². The molecule has 0 amide bonds. The van der Waals surface area contributed by atoms with E-state index in [-0.39, 0.29) is 24.4 Å². The lowest BCUT2D eigenvalue weighted by atomic mass is 9.97. The van der Waals surface area contributed by atoms with Crippen LogP contribution in [0, 0.1) is 6.92 Å². The first kappa shape index (κ1) is 21.0. The summed E-state index contributed by atoms with van der Waals surface area (Å²) >= 11 is 1.71. The van der Waals surface area contributed by atoms with Crippen molar-refractivity contribution in [3.63, 3.8) is 0 Å². The van der Waals surface area contributed by atoms with Gasteiger partial charge in [-0.2, -0.15) is 0 Å². The van der Waals surface area contributed by atoms with Crippen LogP contribution < -0.4 is 9.47 Å². The molecule has 4 rings (SSSR count). The Morgan fingerprint density at radius 3 is 2.58 bits per heavy atom. The average molecular weight is 434 g/mol. The van der Waals surface area contributed by atoms with E-state index in [0.717, 1.165) is 11.1 Å². The fourth-order valence-electron chi connectivity index (χ4n) is 3.74. The Hall–Kier alpha value is -3.25. The minimum absolute atomic E-state index is 0.0872. The van der Waals surface area contributed by atoms with Crippen molar-refractivity contribution in [2.24, 2.45) is 4.99 Å². The van der Waals surface area contributed by atoms with Crippen LogP contribution >= 0.6 is 11.3 Å². The van der Waals surface area contributed by atoms with Gasteiger partial charge in [0.2, 0.25) is 0 Å². The predicted molar refractivity (Wildman–Crippen MR) is 125 cm³/mol. The van der Waals surface area contributed by atoms with E-state index in [0.29, 0.717) is 29.2 Å². The normalized spacial score (nSPS) is 13.1. The summed E-state index contributed by atoms with van der Waals surface area (Å²) in [5.74, 6) is 0.855. The van der Waals surface area contributed by atoms with E-state index in [1.165, 1.54) is 22.8 Å². The quantitative estimate of drug-likeness (QED) is 0.431. The van der Waals surface area contributed by atoms with E-state index in [1.807, 2.05) is 0 Å². The van der Waals surface area contributed by atoms with Crippen molar-refractivity contribution in [3.05, 3.63) is 64.7 Å². The van der Waals surface area contributed by atoms with Crippen molar-refractivity contribution in [2.75, 3.05) is 14.2 Å². The molecular weight excluding hydrogens is 410 g/mol. The highest BCUT2D eigenvalue weighted by Gasteiger charge is 2.22. The largest absolute Gasteiger partial charge is 0.493 e. The summed E-state index contributed by atoms with van der Waals surface area (Å²) in [5.41, 5.74) is 4.45. The topological polar surface area (TPSA) is 65.0 Å². The highest BCUT2D eigenvalue weighted by atomic mass is 32.1. The number of carbonyl (C=O) groups is 2. The molecule has 158 valence electrons. The summed E-state index contributed by atoms with van der Waals surface area (Å²) in [7, 11) is 3.07. The lowest BCUT2D eigenvalue weighted by Crippen LogP contribution is -2.14. The first-order chi connectivity index (χ1) is 15.0. The molecule has 2 aromatic carbocycles.